The maximum atomic E-state index is 14.2. The van der Waals surface area contributed by atoms with E-state index in [1.807, 2.05) is 49.6 Å². The van der Waals surface area contributed by atoms with Crippen LogP contribution >= 0.6 is 15.9 Å². The van der Waals surface area contributed by atoms with Crippen molar-refractivity contribution < 1.29 is 49.8 Å². The lowest BCUT2D eigenvalue weighted by Gasteiger charge is -2.15. The highest BCUT2D eigenvalue weighted by atomic mass is 79.9. The van der Waals surface area contributed by atoms with Crippen molar-refractivity contribution in [3.05, 3.63) is 124 Å². The Morgan fingerprint density at radius 3 is 1.65 bits per heavy atom. The maximum Gasteiger partial charge on any atom is 0.390 e. The van der Waals surface area contributed by atoms with Crippen LogP contribution in [-0.4, -0.2) is 63.2 Å². The number of hydrogen-bond donors (Lipinski definition) is 2. The number of imidazole rings is 2. The molecule has 2 N–H and O–H groups in total. The number of carbonyl (C=O) groups is 2. The number of aromatic nitrogens is 4. The van der Waals surface area contributed by atoms with E-state index in [1.165, 1.54) is 31.4 Å². The molecule has 0 saturated carbocycles. The van der Waals surface area contributed by atoms with E-state index in [1.54, 1.807) is 54.5 Å². The van der Waals surface area contributed by atoms with Gasteiger partial charge in [-0.05, 0) is 85.6 Å². The normalized spacial score (nSPS) is 11.6. The van der Waals surface area contributed by atoms with Crippen LogP contribution in [0.3, 0.4) is 0 Å². The SMILES string of the molecule is CCC(=O)c1ccc(-n2cnc3c(NCCC(F)(F)F)cc(Br)cc32)cc1C.CCC(=O)c1ccc(-n2cnc3c(NCCC(F)(F)F)cc(Oc4cccc(F)c4OC)cc32)cc1C. The molecule has 0 saturated heterocycles. The van der Waals surface area contributed by atoms with Gasteiger partial charge in [-0.2, -0.15) is 26.3 Å². The Bertz CT molecular complexity index is 2860. The smallest absolute Gasteiger partial charge is 0.390 e. The molecule has 0 unspecified atom stereocenters. The quantitative estimate of drug-likeness (QED) is 0.0772. The third-order valence-corrected chi connectivity index (χ3v) is 10.7. The van der Waals surface area contributed by atoms with Gasteiger partial charge < -0.3 is 20.1 Å². The first-order valence-electron chi connectivity index (χ1n) is 20.4. The fraction of sp³-hybridized carbons (Fsp3) is 0.277. The van der Waals surface area contributed by atoms with Crippen LogP contribution < -0.4 is 20.1 Å². The second-order valence-electron chi connectivity index (χ2n) is 14.9. The van der Waals surface area contributed by atoms with Gasteiger partial charge in [0.15, 0.2) is 28.9 Å². The number of aryl methyl sites for hydroxylation is 2. The number of para-hydroxylation sites is 1. The molecule has 0 fully saturated rings. The Morgan fingerprint density at radius 2 is 1.18 bits per heavy atom. The molecular formula is C47H44BrF7N6O4. The Balaban J connectivity index is 0.000000224. The minimum atomic E-state index is -4.33. The summed E-state index contributed by atoms with van der Waals surface area (Å²) in [7, 11) is 1.31. The van der Waals surface area contributed by atoms with E-state index in [0.29, 0.717) is 57.6 Å². The number of benzene rings is 5. The first-order chi connectivity index (χ1) is 30.8. The number of nitrogens with one attached hydrogen (secondary N) is 2. The Morgan fingerprint density at radius 1 is 0.692 bits per heavy atom. The molecule has 10 nitrogen and oxygen atoms in total. The van der Waals surface area contributed by atoms with Crippen LogP contribution in [0.2, 0.25) is 0 Å². The molecule has 0 radical (unpaired) electrons. The van der Waals surface area contributed by atoms with Crippen molar-refractivity contribution in [1.29, 1.82) is 0 Å². The molecular weight excluding hydrogens is 925 g/mol. The largest absolute Gasteiger partial charge is 0.490 e. The number of ketones is 2. The van der Waals surface area contributed by atoms with Gasteiger partial charge in [0.2, 0.25) is 0 Å². The summed E-state index contributed by atoms with van der Waals surface area (Å²) in [4.78, 5) is 33.0. The number of hydrogen-bond acceptors (Lipinski definition) is 8. The average Bonchev–Trinajstić information content (AvgIpc) is 3.87. The zero-order valence-electron chi connectivity index (χ0n) is 35.8. The van der Waals surface area contributed by atoms with Crippen molar-refractivity contribution in [3.63, 3.8) is 0 Å². The van der Waals surface area contributed by atoms with Crippen molar-refractivity contribution in [2.75, 3.05) is 30.8 Å². The van der Waals surface area contributed by atoms with Gasteiger partial charge in [0.25, 0.3) is 0 Å². The van der Waals surface area contributed by atoms with Crippen molar-refractivity contribution in [2.24, 2.45) is 0 Å². The highest BCUT2D eigenvalue weighted by Crippen LogP contribution is 2.38. The molecule has 0 atom stereocenters. The van der Waals surface area contributed by atoms with Crippen LogP contribution in [0.4, 0.5) is 42.1 Å². The first kappa shape index (κ1) is 48.0. The number of rotatable bonds is 15. The van der Waals surface area contributed by atoms with Crippen LogP contribution in [0, 0.1) is 19.7 Å². The van der Waals surface area contributed by atoms with E-state index in [4.69, 9.17) is 9.47 Å². The maximum absolute atomic E-state index is 14.2. The predicted molar refractivity (Wildman–Crippen MR) is 240 cm³/mol. The van der Waals surface area contributed by atoms with Crippen molar-refractivity contribution in [3.8, 4) is 28.6 Å². The topological polar surface area (TPSA) is 112 Å². The molecule has 5 aromatic carbocycles. The minimum absolute atomic E-state index is 0.0235. The zero-order chi connectivity index (χ0) is 47.2. The molecule has 0 spiro atoms. The fourth-order valence-electron chi connectivity index (χ4n) is 7.09. The molecule has 65 heavy (non-hydrogen) atoms. The van der Waals surface area contributed by atoms with E-state index in [0.717, 1.165) is 26.8 Å². The van der Waals surface area contributed by atoms with Gasteiger partial charge in [0.1, 0.15) is 29.4 Å². The van der Waals surface area contributed by atoms with Gasteiger partial charge in [0.05, 0.1) is 42.4 Å². The summed E-state index contributed by atoms with van der Waals surface area (Å²) in [6.07, 6.45) is -6.52. The number of fused-ring (bicyclic) bond motifs is 2. The van der Waals surface area contributed by atoms with Gasteiger partial charge in [-0.15, -0.1) is 0 Å². The number of halogens is 8. The standard InChI is InChI=1S/C27H25F4N3O3.C20H19BrF3N3O/c1-4-23(35)19-9-8-17(12-16(19)2)34-15-33-25-21(32-11-10-27(29,30)31)13-18(14-22(25)34)37-24-7-5-6-20(28)26(24)36-3;1-3-18(28)15-5-4-14(8-12(15)2)27-11-26-19-16(9-13(21)10-17(19)27)25-7-6-20(22,23)24/h5-9,12-15,32H,4,10-11H2,1-3H3;4-5,8-11,25H,3,6-7H2,1-2H3. The number of ether oxygens (including phenoxy) is 2. The summed E-state index contributed by atoms with van der Waals surface area (Å²) in [5, 5.41) is 5.61. The van der Waals surface area contributed by atoms with Gasteiger partial charge in [-0.1, -0.05) is 35.8 Å². The second kappa shape index (κ2) is 20.2. The zero-order valence-corrected chi connectivity index (χ0v) is 37.4. The summed E-state index contributed by atoms with van der Waals surface area (Å²) >= 11 is 3.41. The van der Waals surface area contributed by atoms with E-state index >= 15 is 0 Å². The summed E-state index contributed by atoms with van der Waals surface area (Å²) in [5.41, 5.74) is 7.62. The molecule has 7 rings (SSSR count). The Labute approximate surface area is 377 Å². The molecule has 0 amide bonds. The van der Waals surface area contributed by atoms with Crippen LogP contribution in [0.1, 0.15) is 71.4 Å². The van der Waals surface area contributed by atoms with E-state index in [-0.39, 0.29) is 41.9 Å². The van der Waals surface area contributed by atoms with Crippen molar-refractivity contribution in [2.45, 2.75) is 65.7 Å². The molecule has 0 aliphatic carbocycles. The fourth-order valence-corrected chi connectivity index (χ4v) is 7.53. The highest BCUT2D eigenvalue weighted by molar-refractivity contribution is 9.10. The van der Waals surface area contributed by atoms with Gasteiger partial charge in [-0.3, -0.25) is 18.7 Å². The molecule has 342 valence electrons. The van der Waals surface area contributed by atoms with Crippen molar-refractivity contribution >= 4 is 60.9 Å². The number of methoxy groups -OCH3 is 1. The lowest BCUT2D eigenvalue weighted by Crippen LogP contribution is -2.14. The van der Waals surface area contributed by atoms with Crippen LogP contribution in [0.5, 0.6) is 17.2 Å². The molecule has 0 aliphatic heterocycles. The molecule has 0 bridgehead atoms. The Hall–Kier alpha value is -6.43. The molecule has 2 aromatic heterocycles. The second-order valence-corrected chi connectivity index (χ2v) is 15.8. The summed E-state index contributed by atoms with van der Waals surface area (Å²) < 4.78 is 105. The predicted octanol–water partition coefficient (Wildman–Crippen LogP) is 13.3. The van der Waals surface area contributed by atoms with Gasteiger partial charge in [0, 0.05) is 65.0 Å². The molecule has 7 aromatic rings. The van der Waals surface area contributed by atoms with Gasteiger partial charge in [-0.25, -0.2) is 14.4 Å². The summed E-state index contributed by atoms with van der Waals surface area (Å²) in [6.45, 7) is 6.73. The third-order valence-electron chi connectivity index (χ3n) is 10.3. The molecule has 0 aliphatic rings. The minimum Gasteiger partial charge on any atom is -0.490 e. The monoisotopic (exact) mass is 968 g/mol. The van der Waals surface area contributed by atoms with Gasteiger partial charge >= 0.3 is 12.4 Å². The first-order valence-corrected chi connectivity index (χ1v) is 21.2. The molecule has 18 heteroatoms. The number of nitrogens with zero attached hydrogens (tertiary/aromatic N) is 4. The lowest BCUT2D eigenvalue weighted by molar-refractivity contribution is -0.132. The number of Topliss-reactive ketones (excluding diaryl/α,β-unsaturated/α-hetero) is 2. The average molecular weight is 970 g/mol. The van der Waals surface area contributed by atoms with Crippen molar-refractivity contribution in [1.82, 2.24) is 19.1 Å². The molecule has 2 heterocycles. The van der Waals surface area contributed by atoms with Crippen LogP contribution in [0.15, 0.2) is 96.0 Å². The number of alkyl halides is 6. The summed E-state index contributed by atoms with van der Waals surface area (Å²) in [5.74, 6) is -0.273. The lowest BCUT2D eigenvalue weighted by atomic mass is 10.0. The van der Waals surface area contributed by atoms with E-state index in [2.05, 4.69) is 36.5 Å². The number of anilines is 2. The van der Waals surface area contributed by atoms with Crippen LogP contribution in [-0.2, 0) is 0 Å². The van der Waals surface area contributed by atoms with Crippen LogP contribution in [0.25, 0.3) is 33.4 Å². The Kier molecular flexibility index (Phi) is 14.9. The highest BCUT2D eigenvalue weighted by Gasteiger charge is 2.27. The summed E-state index contributed by atoms with van der Waals surface area (Å²) in [6, 6.07) is 21.8. The third kappa shape index (κ3) is 11.6. The van der Waals surface area contributed by atoms with E-state index < -0.39 is 31.0 Å². The van der Waals surface area contributed by atoms with E-state index in [9.17, 15) is 40.3 Å². The number of carbonyl (C=O) groups excluding carboxylic acids is 2.